The number of nitrogens with zero attached hydrogens (tertiary/aromatic N) is 3. The van der Waals surface area contributed by atoms with Gasteiger partial charge in [-0.3, -0.25) is 4.57 Å². The Balaban J connectivity index is 2.41. The molecule has 92 valence electrons. The Labute approximate surface area is 114 Å². The van der Waals surface area contributed by atoms with Gasteiger partial charge >= 0.3 is 0 Å². The Morgan fingerprint density at radius 2 is 1.95 bits per heavy atom. The number of imidazole rings is 1. The van der Waals surface area contributed by atoms with Crippen LogP contribution in [0.2, 0.25) is 5.02 Å². The summed E-state index contributed by atoms with van der Waals surface area (Å²) in [6.45, 7) is 0. The Hall–Kier alpha value is -2.51. The molecule has 2 N–H and O–H groups in total. The number of nitrogens with two attached hydrogens (primary N) is 1. The van der Waals surface area contributed by atoms with E-state index < -0.39 is 0 Å². The minimum absolute atomic E-state index is 0.311. The summed E-state index contributed by atoms with van der Waals surface area (Å²) in [4.78, 5) is 4.26. The summed E-state index contributed by atoms with van der Waals surface area (Å²) in [5.41, 5.74) is 8.56. The third kappa shape index (κ3) is 1.72. The number of fused-ring (bicyclic) bond motifs is 1. The van der Waals surface area contributed by atoms with Crippen LogP contribution in [0.3, 0.4) is 0 Å². The zero-order valence-corrected chi connectivity index (χ0v) is 10.6. The smallest absolute Gasteiger partial charge is 0.206 e. The predicted molar refractivity (Wildman–Crippen MR) is 75.2 cm³/mol. The number of anilines is 1. The van der Waals surface area contributed by atoms with Crippen molar-refractivity contribution < 1.29 is 0 Å². The molecule has 0 aliphatic rings. The summed E-state index contributed by atoms with van der Waals surface area (Å²) in [6, 6.07) is 14.9. The fraction of sp³-hybridized carbons (Fsp3) is 0. The number of halogens is 1. The molecule has 0 fully saturated rings. The zero-order chi connectivity index (χ0) is 13.4. The van der Waals surface area contributed by atoms with Crippen molar-refractivity contribution in [2.45, 2.75) is 0 Å². The van der Waals surface area contributed by atoms with Gasteiger partial charge in [-0.25, -0.2) is 4.98 Å². The second-order valence-corrected chi connectivity index (χ2v) is 4.45. The summed E-state index contributed by atoms with van der Waals surface area (Å²) < 4.78 is 1.75. The minimum Gasteiger partial charge on any atom is -0.369 e. The number of aromatic nitrogens is 2. The summed E-state index contributed by atoms with van der Waals surface area (Å²) in [5, 5.41) is 9.67. The Morgan fingerprint density at radius 3 is 2.68 bits per heavy atom. The van der Waals surface area contributed by atoms with E-state index in [4.69, 9.17) is 22.6 Å². The number of hydrogen-bond acceptors (Lipinski definition) is 3. The quantitative estimate of drug-likeness (QED) is 0.737. The number of para-hydroxylation sites is 2. The van der Waals surface area contributed by atoms with Crippen molar-refractivity contribution in [3.05, 3.63) is 53.1 Å². The maximum absolute atomic E-state index is 9.09. The lowest BCUT2D eigenvalue weighted by Crippen LogP contribution is -2.00. The average Bonchev–Trinajstić information content (AvgIpc) is 2.75. The third-order valence-corrected chi connectivity index (χ3v) is 3.24. The maximum atomic E-state index is 9.09. The predicted octanol–water partition coefficient (Wildman–Crippen LogP) is 3.13. The lowest BCUT2D eigenvalue weighted by molar-refractivity contribution is 1.11. The molecule has 2 aromatic carbocycles. The van der Waals surface area contributed by atoms with Gasteiger partial charge in [0.2, 0.25) is 5.95 Å². The van der Waals surface area contributed by atoms with E-state index in [2.05, 4.69) is 11.1 Å². The molecule has 0 spiro atoms. The molecule has 3 rings (SSSR count). The van der Waals surface area contributed by atoms with E-state index in [-0.39, 0.29) is 0 Å². The van der Waals surface area contributed by atoms with Crippen molar-refractivity contribution >= 4 is 28.6 Å². The lowest BCUT2D eigenvalue weighted by atomic mass is 10.2. The summed E-state index contributed by atoms with van der Waals surface area (Å²) in [7, 11) is 0. The number of nitrogen functional groups attached to an aromatic ring is 1. The largest absolute Gasteiger partial charge is 0.369 e. The van der Waals surface area contributed by atoms with E-state index in [9.17, 15) is 0 Å². The average molecular weight is 269 g/mol. The van der Waals surface area contributed by atoms with Gasteiger partial charge in [-0.15, -0.1) is 0 Å². The van der Waals surface area contributed by atoms with E-state index in [1.165, 1.54) is 0 Å². The highest BCUT2D eigenvalue weighted by atomic mass is 35.5. The fourth-order valence-electron chi connectivity index (χ4n) is 2.09. The molecule has 4 nitrogen and oxygen atoms in total. The van der Waals surface area contributed by atoms with Gasteiger partial charge < -0.3 is 5.73 Å². The van der Waals surface area contributed by atoms with E-state index >= 15 is 0 Å². The molecular weight excluding hydrogens is 260 g/mol. The molecule has 0 bridgehead atoms. The van der Waals surface area contributed by atoms with E-state index in [1.54, 1.807) is 22.8 Å². The molecule has 0 amide bonds. The first kappa shape index (κ1) is 11.6. The maximum Gasteiger partial charge on any atom is 0.206 e. The van der Waals surface area contributed by atoms with Gasteiger partial charge in [-0.1, -0.05) is 29.8 Å². The second-order valence-electron chi connectivity index (χ2n) is 4.04. The van der Waals surface area contributed by atoms with Crippen LogP contribution in [0.25, 0.3) is 16.7 Å². The lowest BCUT2D eigenvalue weighted by Gasteiger charge is -2.08. The van der Waals surface area contributed by atoms with Crippen LogP contribution in [0.15, 0.2) is 42.5 Å². The fourth-order valence-corrected chi connectivity index (χ4v) is 2.31. The highest BCUT2D eigenvalue weighted by Gasteiger charge is 2.14. The second kappa shape index (κ2) is 4.30. The topological polar surface area (TPSA) is 67.6 Å². The van der Waals surface area contributed by atoms with Crippen LogP contribution in [0, 0.1) is 11.3 Å². The molecule has 19 heavy (non-hydrogen) atoms. The number of hydrogen-bond donors (Lipinski definition) is 1. The van der Waals surface area contributed by atoms with Crippen LogP contribution < -0.4 is 5.73 Å². The molecule has 0 aliphatic carbocycles. The van der Waals surface area contributed by atoms with Crippen LogP contribution in [0.4, 0.5) is 5.95 Å². The first-order valence-electron chi connectivity index (χ1n) is 5.64. The highest BCUT2D eigenvalue weighted by Crippen LogP contribution is 2.28. The van der Waals surface area contributed by atoms with E-state index in [0.29, 0.717) is 22.1 Å². The molecule has 0 unspecified atom stereocenters. The van der Waals surface area contributed by atoms with Crippen molar-refractivity contribution in [2.24, 2.45) is 0 Å². The first-order chi connectivity index (χ1) is 9.22. The van der Waals surface area contributed by atoms with Crippen molar-refractivity contribution in [3.8, 4) is 11.8 Å². The first-order valence-corrected chi connectivity index (χ1v) is 6.02. The van der Waals surface area contributed by atoms with Crippen molar-refractivity contribution in [2.75, 3.05) is 5.73 Å². The molecular formula is C14H9ClN4. The van der Waals surface area contributed by atoms with Crippen LogP contribution in [-0.2, 0) is 0 Å². The summed E-state index contributed by atoms with van der Waals surface area (Å²) in [5.74, 6) is 0.311. The molecule has 0 aliphatic heterocycles. The summed E-state index contributed by atoms with van der Waals surface area (Å²) in [6.07, 6.45) is 0. The third-order valence-electron chi connectivity index (χ3n) is 2.92. The van der Waals surface area contributed by atoms with Crippen LogP contribution in [0.1, 0.15) is 5.56 Å². The van der Waals surface area contributed by atoms with Gasteiger partial charge in [0.1, 0.15) is 11.6 Å². The Morgan fingerprint density at radius 1 is 1.16 bits per heavy atom. The monoisotopic (exact) mass is 268 g/mol. The molecule has 1 aromatic heterocycles. The normalized spacial score (nSPS) is 10.5. The molecule has 0 radical (unpaired) electrons. The van der Waals surface area contributed by atoms with Gasteiger partial charge in [-0.2, -0.15) is 5.26 Å². The molecule has 0 atom stereocenters. The van der Waals surface area contributed by atoms with Gasteiger partial charge in [0.25, 0.3) is 0 Å². The zero-order valence-electron chi connectivity index (χ0n) is 9.84. The molecule has 0 saturated heterocycles. The van der Waals surface area contributed by atoms with E-state index in [0.717, 1.165) is 11.2 Å². The Bertz CT molecular complexity index is 814. The van der Waals surface area contributed by atoms with Gasteiger partial charge in [0.05, 0.1) is 21.8 Å². The van der Waals surface area contributed by atoms with Crippen LogP contribution in [0.5, 0.6) is 0 Å². The molecule has 5 heteroatoms. The van der Waals surface area contributed by atoms with Crippen LogP contribution in [-0.4, -0.2) is 9.55 Å². The molecule has 0 saturated carbocycles. The van der Waals surface area contributed by atoms with Gasteiger partial charge in [-0.05, 0) is 24.3 Å². The van der Waals surface area contributed by atoms with Crippen molar-refractivity contribution in [1.29, 1.82) is 5.26 Å². The van der Waals surface area contributed by atoms with Crippen molar-refractivity contribution in [3.63, 3.8) is 0 Å². The van der Waals surface area contributed by atoms with Crippen molar-refractivity contribution in [1.82, 2.24) is 9.55 Å². The highest BCUT2D eigenvalue weighted by molar-refractivity contribution is 6.32. The van der Waals surface area contributed by atoms with Crippen LogP contribution >= 0.6 is 11.6 Å². The standard InChI is InChI=1S/C14H9ClN4/c15-10-5-1-2-6-11(10)19-12-7-3-4-9(8-16)13(12)18-14(19)17/h1-7H,(H2,17,18). The Kier molecular flexibility index (Phi) is 2.62. The van der Waals surface area contributed by atoms with Gasteiger partial charge in [0.15, 0.2) is 0 Å². The number of benzene rings is 2. The molecule has 1 heterocycles. The summed E-state index contributed by atoms with van der Waals surface area (Å²) >= 11 is 6.19. The SMILES string of the molecule is N#Cc1cccc2c1nc(N)n2-c1ccccc1Cl. The van der Waals surface area contributed by atoms with E-state index in [1.807, 2.05) is 24.3 Å². The molecule has 3 aromatic rings. The number of rotatable bonds is 1. The van der Waals surface area contributed by atoms with Gasteiger partial charge in [0, 0.05) is 0 Å². The number of nitriles is 1. The minimum atomic E-state index is 0.311.